The van der Waals surface area contributed by atoms with E-state index in [0.29, 0.717) is 10.9 Å². The molecular formula is C10H9FN4OS. The zero-order chi connectivity index (χ0) is 12.4. The van der Waals surface area contributed by atoms with Crippen molar-refractivity contribution in [1.29, 1.82) is 0 Å². The smallest absolute Gasteiger partial charge is 0.247 e. The van der Waals surface area contributed by atoms with Crippen LogP contribution in [0.3, 0.4) is 0 Å². The van der Waals surface area contributed by atoms with Gasteiger partial charge < -0.3 is 11.1 Å². The molecule has 5 nitrogen and oxygen atoms in total. The fraction of sp³-hybridized carbons (Fsp3) is 0.100. The summed E-state index contributed by atoms with van der Waals surface area (Å²) in [6.45, 7) is -0.0652. The van der Waals surface area contributed by atoms with Crippen LogP contribution >= 0.6 is 12.2 Å². The van der Waals surface area contributed by atoms with Crippen LogP contribution in [0.1, 0.15) is 0 Å². The molecule has 0 bridgehead atoms. The van der Waals surface area contributed by atoms with Crippen molar-refractivity contribution in [3.05, 3.63) is 30.2 Å². The van der Waals surface area contributed by atoms with Crippen LogP contribution in [0.4, 0.5) is 4.39 Å². The largest absolute Gasteiger partial charge is 0.376 e. The summed E-state index contributed by atoms with van der Waals surface area (Å²) < 4.78 is 14.7. The van der Waals surface area contributed by atoms with Crippen molar-refractivity contribution in [3.8, 4) is 0 Å². The van der Waals surface area contributed by atoms with Crippen LogP contribution in [0.15, 0.2) is 24.4 Å². The predicted octanol–water partition coefficient (Wildman–Crippen LogP) is 0.535. The number of nitrogens with two attached hydrogens (primary N) is 1. The Bertz CT molecular complexity index is 595. The molecule has 1 heterocycles. The number of carbonyl (C=O) groups excluding carboxylic acids is 1. The quantitative estimate of drug-likeness (QED) is 0.765. The molecule has 0 radical (unpaired) electrons. The van der Waals surface area contributed by atoms with Gasteiger partial charge in [0.15, 0.2) is 5.11 Å². The number of hydrogen-bond acceptors (Lipinski definition) is 3. The minimum Gasteiger partial charge on any atom is -0.376 e. The number of nitrogens with zero attached hydrogens (tertiary/aromatic N) is 2. The van der Waals surface area contributed by atoms with Crippen LogP contribution in [0.2, 0.25) is 0 Å². The third kappa shape index (κ3) is 2.39. The molecule has 0 aliphatic rings. The molecule has 1 aromatic carbocycles. The van der Waals surface area contributed by atoms with E-state index < -0.39 is 5.91 Å². The maximum Gasteiger partial charge on any atom is 0.247 e. The Morgan fingerprint density at radius 3 is 3.06 bits per heavy atom. The molecule has 17 heavy (non-hydrogen) atoms. The number of nitrogens with one attached hydrogen (secondary N) is 1. The third-order valence-corrected chi connectivity index (χ3v) is 2.29. The van der Waals surface area contributed by atoms with Gasteiger partial charge in [-0.1, -0.05) is 6.07 Å². The first-order chi connectivity index (χ1) is 8.08. The fourth-order valence-electron chi connectivity index (χ4n) is 1.51. The van der Waals surface area contributed by atoms with Gasteiger partial charge in [0.1, 0.15) is 12.4 Å². The lowest BCUT2D eigenvalue weighted by atomic mass is 10.2. The maximum atomic E-state index is 13.4. The second kappa shape index (κ2) is 4.46. The highest BCUT2D eigenvalue weighted by Gasteiger charge is 2.10. The number of rotatable bonds is 2. The molecule has 7 heteroatoms. The molecule has 0 unspecified atom stereocenters. The molecule has 88 valence electrons. The number of fused-ring (bicyclic) bond motifs is 1. The highest BCUT2D eigenvalue weighted by Crippen LogP contribution is 2.16. The Morgan fingerprint density at radius 1 is 1.59 bits per heavy atom. The summed E-state index contributed by atoms with van der Waals surface area (Å²) in [4.78, 5) is 11.4. The molecule has 2 aromatic rings. The van der Waals surface area contributed by atoms with Crippen molar-refractivity contribution in [2.75, 3.05) is 0 Å². The van der Waals surface area contributed by atoms with E-state index in [1.807, 2.05) is 0 Å². The van der Waals surface area contributed by atoms with Gasteiger partial charge in [0.25, 0.3) is 0 Å². The standard InChI is InChI=1S/C10H9FN4OS/c11-7-2-1-3-8-6(7)4-13-15(8)5-9(16)14-10(12)17/h1-4H,5H2,(H3,12,14,16,17). The van der Waals surface area contributed by atoms with Gasteiger partial charge in [0.05, 0.1) is 17.1 Å². The van der Waals surface area contributed by atoms with Crippen molar-refractivity contribution in [2.45, 2.75) is 6.54 Å². The lowest BCUT2D eigenvalue weighted by Gasteiger charge is -2.04. The summed E-state index contributed by atoms with van der Waals surface area (Å²) in [5.74, 6) is -0.768. The SMILES string of the molecule is NC(=S)NC(=O)Cn1ncc2c(F)cccc21. The topological polar surface area (TPSA) is 72.9 Å². The summed E-state index contributed by atoms with van der Waals surface area (Å²) in [5, 5.41) is 6.48. The van der Waals surface area contributed by atoms with Gasteiger partial charge in [0, 0.05) is 0 Å². The molecule has 0 aliphatic carbocycles. The van der Waals surface area contributed by atoms with Crippen LogP contribution in [0.5, 0.6) is 0 Å². The number of hydrogen-bond donors (Lipinski definition) is 2. The minimum absolute atomic E-state index is 0.0652. The molecule has 0 atom stereocenters. The van der Waals surface area contributed by atoms with Gasteiger partial charge in [-0.15, -0.1) is 0 Å². The number of aromatic nitrogens is 2. The van der Waals surface area contributed by atoms with Gasteiger partial charge in [-0.2, -0.15) is 5.10 Å². The second-order valence-corrected chi connectivity index (χ2v) is 3.83. The molecule has 2 rings (SSSR count). The molecular weight excluding hydrogens is 243 g/mol. The molecule has 0 spiro atoms. The molecule has 3 N–H and O–H groups in total. The first-order valence-corrected chi connectivity index (χ1v) is 5.18. The van der Waals surface area contributed by atoms with Crippen molar-refractivity contribution in [2.24, 2.45) is 5.73 Å². The Kier molecular flexibility index (Phi) is 3.01. The summed E-state index contributed by atoms with van der Waals surface area (Å²) in [6.07, 6.45) is 1.37. The Labute approximate surface area is 101 Å². The van der Waals surface area contributed by atoms with Gasteiger partial charge in [-0.3, -0.25) is 9.48 Å². The summed E-state index contributed by atoms with van der Waals surface area (Å²) >= 11 is 4.54. The molecule has 0 fully saturated rings. The van der Waals surface area contributed by atoms with E-state index in [1.165, 1.54) is 16.9 Å². The molecule has 1 amide bonds. The van der Waals surface area contributed by atoms with Crippen LogP contribution in [-0.2, 0) is 11.3 Å². The van der Waals surface area contributed by atoms with Gasteiger partial charge in [-0.25, -0.2) is 4.39 Å². The first-order valence-electron chi connectivity index (χ1n) is 4.77. The average molecular weight is 252 g/mol. The van der Waals surface area contributed by atoms with Gasteiger partial charge >= 0.3 is 0 Å². The summed E-state index contributed by atoms with van der Waals surface area (Å²) in [7, 11) is 0. The zero-order valence-electron chi connectivity index (χ0n) is 8.68. The zero-order valence-corrected chi connectivity index (χ0v) is 9.50. The van der Waals surface area contributed by atoms with Crippen molar-refractivity contribution >= 4 is 34.1 Å². The molecule has 0 aliphatic heterocycles. The Balaban J connectivity index is 2.28. The van der Waals surface area contributed by atoms with E-state index in [1.54, 1.807) is 12.1 Å². The average Bonchev–Trinajstić information content (AvgIpc) is 2.62. The number of benzene rings is 1. The number of carbonyl (C=O) groups is 1. The van der Waals surface area contributed by atoms with Crippen LogP contribution in [0, 0.1) is 5.82 Å². The molecule has 0 saturated heterocycles. The Hall–Kier alpha value is -2.02. The van der Waals surface area contributed by atoms with Gasteiger partial charge in [-0.05, 0) is 24.4 Å². The summed E-state index contributed by atoms with van der Waals surface area (Å²) in [6, 6.07) is 4.57. The van der Waals surface area contributed by atoms with E-state index in [4.69, 9.17) is 5.73 Å². The lowest BCUT2D eigenvalue weighted by molar-refractivity contribution is -0.120. The minimum atomic E-state index is -0.397. The lowest BCUT2D eigenvalue weighted by Crippen LogP contribution is -2.37. The maximum absolute atomic E-state index is 13.4. The van der Waals surface area contributed by atoms with Crippen LogP contribution in [-0.4, -0.2) is 20.8 Å². The third-order valence-electron chi connectivity index (χ3n) is 2.19. The first kappa shape index (κ1) is 11.5. The normalized spacial score (nSPS) is 10.4. The highest BCUT2D eigenvalue weighted by atomic mass is 32.1. The number of thiocarbonyl (C=S) groups is 1. The van der Waals surface area contributed by atoms with Crippen LogP contribution in [0.25, 0.3) is 10.9 Å². The van der Waals surface area contributed by atoms with E-state index in [-0.39, 0.29) is 17.5 Å². The van der Waals surface area contributed by atoms with E-state index in [2.05, 4.69) is 22.6 Å². The van der Waals surface area contributed by atoms with E-state index in [0.717, 1.165) is 0 Å². The van der Waals surface area contributed by atoms with Crippen molar-refractivity contribution in [1.82, 2.24) is 15.1 Å². The van der Waals surface area contributed by atoms with Gasteiger partial charge in [0.2, 0.25) is 5.91 Å². The Morgan fingerprint density at radius 2 is 2.35 bits per heavy atom. The van der Waals surface area contributed by atoms with E-state index >= 15 is 0 Å². The number of amides is 1. The van der Waals surface area contributed by atoms with Crippen molar-refractivity contribution < 1.29 is 9.18 Å². The summed E-state index contributed by atoms with van der Waals surface area (Å²) in [5.41, 5.74) is 5.71. The number of halogens is 1. The van der Waals surface area contributed by atoms with Crippen molar-refractivity contribution in [3.63, 3.8) is 0 Å². The highest BCUT2D eigenvalue weighted by molar-refractivity contribution is 7.80. The molecule has 0 saturated carbocycles. The second-order valence-electron chi connectivity index (χ2n) is 3.39. The predicted molar refractivity (Wildman–Crippen MR) is 64.6 cm³/mol. The van der Waals surface area contributed by atoms with Crippen LogP contribution < -0.4 is 11.1 Å². The monoisotopic (exact) mass is 252 g/mol. The fourth-order valence-corrected chi connectivity index (χ4v) is 1.62. The molecule has 1 aromatic heterocycles. The van der Waals surface area contributed by atoms with E-state index in [9.17, 15) is 9.18 Å².